The van der Waals surface area contributed by atoms with Gasteiger partial charge >= 0.3 is 0 Å². The average Bonchev–Trinajstić information content (AvgIpc) is 2.07. The van der Waals surface area contributed by atoms with Gasteiger partial charge in [0.05, 0.1) is 0 Å². The van der Waals surface area contributed by atoms with Gasteiger partial charge < -0.3 is 4.57 Å². The number of carbonyl (C=O) groups is 1. The van der Waals surface area contributed by atoms with E-state index in [1.165, 1.54) is 10.6 Å². The lowest BCUT2D eigenvalue weighted by molar-refractivity contribution is 0.0858. The maximum absolute atomic E-state index is 11.8. The van der Waals surface area contributed by atoms with Crippen molar-refractivity contribution < 1.29 is 4.79 Å². The summed E-state index contributed by atoms with van der Waals surface area (Å²) in [6.07, 6.45) is 1.61. The fourth-order valence-electron chi connectivity index (χ4n) is 1.12. The summed E-state index contributed by atoms with van der Waals surface area (Å²) in [7, 11) is 1.66. The third kappa shape index (κ3) is 2.10. The first kappa shape index (κ1) is 10.7. The van der Waals surface area contributed by atoms with Gasteiger partial charge in [0.1, 0.15) is 0 Å². The van der Waals surface area contributed by atoms with Crippen molar-refractivity contribution in [1.29, 1.82) is 0 Å². The smallest absolute Gasteiger partial charge is 0.250 e. The van der Waals surface area contributed by atoms with E-state index in [2.05, 4.69) is 0 Å². The minimum absolute atomic E-state index is 0.00444. The summed E-state index contributed by atoms with van der Waals surface area (Å²) in [5.41, 5.74) is -0.104. The van der Waals surface area contributed by atoms with Crippen LogP contribution in [0.3, 0.4) is 0 Å². The lowest BCUT2D eigenvalue weighted by atomic mass is 9.87. The molecular formula is C11H15NO2. The molecule has 0 spiro atoms. The molecular weight excluding hydrogens is 178 g/mol. The van der Waals surface area contributed by atoms with E-state index >= 15 is 0 Å². The highest BCUT2D eigenvalue weighted by molar-refractivity contribution is 5.99. The van der Waals surface area contributed by atoms with Crippen LogP contribution in [-0.4, -0.2) is 10.4 Å². The molecule has 3 nitrogen and oxygen atoms in total. The second kappa shape index (κ2) is 3.40. The summed E-state index contributed by atoms with van der Waals surface area (Å²) >= 11 is 0. The van der Waals surface area contributed by atoms with Crippen LogP contribution in [0.4, 0.5) is 0 Å². The third-order valence-corrected chi connectivity index (χ3v) is 2.05. The number of aromatic nitrogens is 1. The number of aryl methyl sites for hydroxylation is 1. The molecule has 0 N–H and O–H groups in total. The SMILES string of the molecule is Cn1ccc(C(=O)C(C)(C)C)cc1=O. The number of Topliss-reactive ketones (excluding diaryl/α,β-unsaturated/α-hetero) is 1. The first-order chi connectivity index (χ1) is 6.32. The van der Waals surface area contributed by atoms with Crippen LogP contribution in [0, 0.1) is 5.41 Å². The Bertz CT molecular complexity index is 410. The standard InChI is InChI=1S/C11H15NO2/c1-11(2,3)10(14)8-5-6-12(4)9(13)7-8/h5-7H,1-4H3. The predicted octanol–water partition coefficient (Wildman–Crippen LogP) is 1.61. The Kier molecular flexibility index (Phi) is 2.60. The predicted molar refractivity (Wildman–Crippen MR) is 55.5 cm³/mol. The highest BCUT2D eigenvalue weighted by Gasteiger charge is 2.22. The molecule has 0 bridgehead atoms. The largest absolute Gasteiger partial charge is 0.319 e. The number of hydrogen-bond acceptors (Lipinski definition) is 2. The minimum Gasteiger partial charge on any atom is -0.319 e. The van der Waals surface area contributed by atoms with E-state index in [1.54, 1.807) is 19.3 Å². The van der Waals surface area contributed by atoms with E-state index in [1.807, 2.05) is 20.8 Å². The summed E-state index contributed by atoms with van der Waals surface area (Å²) in [4.78, 5) is 23.1. The molecule has 0 aromatic carbocycles. The summed E-state index contributed by atoms with van der Waals surface area (Å²) < 4.78 is 1.44. The van der Waals surface area contributed by atoms with Crippen LogP contribution >= 0.6 is 0 Å². The van der Waals surface area contributed by atoms with Crippen LogP contribution in [0.15, 0.2) is 23.1 Å². The van der Waals surface area contributed by atoms with Crippen molar-refractivity contribution in [3.63, 3.8) is 0 Å². The van der Waals surface area contributed by atoms with Crippen molar-refractivity contribution in [1.82, 2.24) is 4.57 Å². The van der Waals surface area contributed by atoms with E-state index in [0.29, 0.717) is 5.56 Å². The molecule has 0 aliphatic carbocycles. The van der Waals surface area contributed by atoms with Crippen LogP contribution in [0.5, 0.6) is 0 Å². The van der Waals surface area contributed by atoms with Gasteiger partial charge in [0.15, 0.2) is 5.78 Å². The second-order valence-electron chi connectivity index (χ2n) is 4.44. The maximum Gasteiger partial charge on any atom is 0.250 e. The van der Waals surface area contributed by atoms with Crippen LogP contribution in [0.1, 0.15) is 31.1 Å². The van der Waals surface area contributed by atoms with Gasteiger partial charge in [-0.3, -0.25) is 9.59 Å². The number of hydrogen-bond donors (Lipinski definition) is 0. The fraction of sp³-hybridized carbons (Fsp3) is 0.455. The summed E-state index contributed by atoms with van der Waals surface area (Å²) in [6.45, 7) is 5.52. The second-order valence-corrected chi connectivity index (χ2v) is 4.44. The van der Waals surface area contributed by atoms with Gasteiger partial charge in [-0.25, -0.2) is 0 Å². The van der Waals surface area contributed by atoms with Crippen molar-refractivity contribution >= 4 is 5.78 Å². The van der Waals surface area contributed by atoms with Gasteiger partial charge in [0.25, 0.3) is 5.56 Å². The highest BCUT2D eigenvalue weighted by atomic mass is 16.1. The Hall–Kier alpha value is -1.38. The summed E-state index contributed by atoms with van der Waals surface area (Å²) in [5, 5.41) is 0. The summed E-state index contributed by atoms with van der Waals surface area (Å²) in [5.74, 6) is -0.00444. The molecule has 0 saturated carbocycles. The van der Waals surface area contributed by atoms with Crippen molar-refractivity contribution in [3.8, 4) is 0 Å². The van der Waals surface area contributed by atoms with Crippen molar-refractivity contribution in [2.75, 3.05) is 0 Å². The topological polar surface area (TPSA) is 39.1 Å². The number of pyridine rings is 1. The zero-order chi connectivity index (χ0) is 10.9. The van der Waals surface area contributed by atoms with Crippen LogP contribution < -0.4 is 5.56 Å². The number of nitrogens with zero attached hydrogens (tertiary/aromatic N) is 1. The summed E-state index contributed by atoms with van der Waals surface area (Å²) in [6, 6.07) is 3.06. The molecule has 0 saturated heterocycles. The van der Waals surface area contributed by atoms with Crippen LogP contribution in [0.2, 0.25) is 0 Å². The number of rotatable bonds is 1. The van der Waals surface area contributed by atoms with Gasteiger partial charge in [0, 0.05) is 30.3 Å². The van der Waals surface area contributed by atoms with Gasteiger partial charge in [-0.2, -0.15) is 0 Å². The van der Waals surface area contributed by atoms with Crippen molar-refractivity contribution in [3.05, 3.63) is 34.2 Å². The van der Waals surface area contributed by atoms with Gasteiger partial charge in [0.2, 0.25) is 0 Å². The minimum atomic E-state index is -0.438. The molecule has 76 valence electrons. The molecule has 1 aromatic heterocycles. The van der Waals surface area contributed by atoms with Gasteiger partial charge in [-0.05, 0) is 6.07 Å². The zero-order valence-electron chi connectivity index (χ0n) is 9.00. The molecule has 1 heterocycles. The highest BCUT2D eigenvalue weighted by Crippen LogP contribution is 2.19. The van der Waals surface area contributed by atoms with Crippen molar-refractivity contribution in [2.24, 2.45) is 12.5 Å². The zero-order valence-corrected chi connectivity index (χ0v) is 9.00. The van der Waals surface area contributed by atoms with E-state index < -0.39 is 5.41 Å². The van der Waals surface area contributed by atoms with Crippen molar-refractivity contribution in [2.45, 2.75) is 20.8 Å². The first-order valence-corrected chi connectivity index (χ1v) is 4.54. The third-order valence-electron chi connectivity index (χ3n) is 2.05. The fourth-order valence-corrected chi connectivity index (χ4v) is 1.12. The maximum atomic E-state index is 11.8. The molecule has 3 heteroatoms. The Morgan fingerprint density at radius 3 is 2.36 bits per heavy atom. The molecule has 0 amide bonds. The quantitative estimate of drug-likeness (QED) is 0.636. The first-order valence-electron chi connectivity index (χ1n) is 4.54. The molecule has 1 rings (SSSR count). The number of ketones is 1. The molecule has 0 aliphatic heterocycles. The molecule has 14 heavy (non-hydrogen) atoms. The Morgan fingerprint density at radius 2 is 1.93 bits per heavy atom. The van der Waals surface area contributed by atoms with Gasteiger partial charge in [-0.1, -0.05) is 20.8 Å². The normalized spacial score (nSPS) is 11.4. The average molecular weight is 193 g/mol. The molecule has 1 aromatic rings. The van der Waals surface area contributed by atoms with E-state index in [4.69, 9.17) is 0 Å². The molecule has 0 aliphatic rings. The lowest BCUT2D eigenvalue weighted by Crippen LogP contribution is -2.23. The Labute approximate surface area is 83.4 Å². The van der Waals surface area contributed by atoms with Gasteiger partial charge in [-0.15, -0.1) is 0 Å². The Morgan fingerprint density at radius 1 is 1.36 bits per heavy atom. The Balaban J connectivity index is 3.17. The molecule has 0 unspecified atom stereocenters. The van der Waals surface area contributed by atoms with E-state index in [-0.39, 0.29) is 11.3 Å². The lowest BCUT2D eigenvalue weighted by Gasteiger charge is -2.16. The molecule has 0 radical (unpaired) electrons. The van der Waals surface area contributed by atoms with E-state index in [0.717, 1.165) is 0 Å². The van der Waals surface area contributed by atoms with Crippen LogP contribution in [-0.2, 0) is 7.05 Å². The van der Waals surface area contributed by atoms with E-state index in [9.17, 15) is 9.59 Å². The number of carbonyl (C=O) groups excluding carboxylic acids is 1. The molecule has 0 atom stereocenters. The molecule has 0 fully saturated rings. The monoisotopic (exact) mass is 193 g/mol. The van der Waals surface area contributed by atoms with Crippen LogP contribution in [0.25, 0.3) is 0 Å².